The van der Waals surface area contributed by atoms with Gasteiger partial charge in [0.25, 0.3) is 5.91 Å². The molecule has 0 bridgehead atoms. The molecule has 7 nitrogen and oxygen atoms in total. The SMILES string of the molecule is C#CCCC1(CCNC(=O)c2cccc3[nH]c(COC)nc23)N=N1. The van der Waals surface area contributed by atoms with Crippen molar-refractivity contribution >= 4 is 16.9 Å². The number of H-pyrrole nitrogens is 1. The lowest BCUT2D eigenvalue weighted by Crippen LogP contribution is -2.28. The van der Waals surface area contributed by atoms with Crippen LogP contribution in [0.4, 0.5) is 0 Å². The van der Waals surface area contributed by atoms with Crippen LogP contribution < -0.4 is 5.32 Å². The number of carbonyl (C=O) groups excluding carboxylic acids is 1. The number of carbonyl (C=O) groups is 1. The highest BCUT2D eigenvalue weighted by molar-refractivity contribution is 6.04. The summed E-state index contributed by atoms with van der Waals surface area (Å²) in [5.74, 6) is 3.12. The largest absolute Gasteiger partial charge is 0.377 e. The molecule has 1 aromatic carbocycles. The van der Waals surface area contributed by atoms with Gasteiger partial charge in [0.1, 0.15) is 17.9 Å². The van der Waals surface area contributed by atoms with Crippen LogP contribution in [0.5, 0.6) is 0 Å². The van der Waals surface area contributed by atoms with E-state index in [1.54, 1.807) is 13.2 Å². The van der Waals surface area contributed by atoms with Gasteiger partial charge in [-0.05, 0) is 12.1 Å². The minimum absolute atomic E-state index is 0.163. The van der Waals surface area contributed by atoms with Crippen LogP contribution in [0.15, 0.2) is 28.4 Å². The second-order valence-corrected chi connectivity index (χ2v) is 5.71. The number of nitrogens with zero attached hydrogens (tertiary/aromatic N) is 3. The van der Waals surface area contributed by atoms with Crippen molar-refractivity contribution in [3.05, 3.63) is 29.6 Å². The molecular formula is C17H19N5O2. The van der Waals surface area contributed by atoms with Crippen LogP contribution in [0, 0.1) is 12.3 Å². The molecule has 0 fully saturated rings. The van der Waals surface area contributed by atoms with Gasteiger partial charge in [-0.25, -0.2) is 4.98 Å². The van der Waals surface area contributed by atoms with E-state index in [0.717, 1.165) is 11.9 Å². The smallest absolute Gasteiger partial charge is 0.253 e. The zero-order chi connectivity index (χ0) is 17.0. The van der Waals surface area contributed by atoms with Gasteiger partial charge in [0.2, 0.25) is 0 Å². The molecule has 2 heterocycles. The Kier molecular flexibility index (Phi) is 4.58. The van der Waals surface area contributed by atoms with Crippen molar-refractivity contribution < 1.29 is 9.53 Å². The molecule has 0 saturated carbocycles. The van der Waals surface area contributed by atoms with Gasteiger partial charge in [-0.1, -0.05) is 6.07 Å². The molecule has 0 spiro atoms. The first-order valence-corrected chi connectivity index (χ1v) is 7.80. The maximum atomic E-state index is 12.5. The molecule has 0 unspecified atom stereocenters. The summed E-state index contributed by atoms with van der Waals surface area (Å²) in [6, 6.07) is 5.47. The van der Waals surface area contributed by atoms with E-state index in [1.165, 1.54) is 0 Å². The molecule has 1 amide bonds. The van der Waals surface area contributed by atoms with Gasteiger partial charge in [0.05, 0.1) is 11.1 Å². The average Bonchev–Trinajstić information content (AvgIpc) is 3.22. The van der Waals surface area contributed by atoms with Crippen LogP contribution in [-0.2, 0) is 11.3 Å². The van der Waals surface area contributed by atoms with Crippen LogP contribution >= 0.6 is 0 Å². The molecule has 0 saturated heterocycles. The van der Waals surface area contributed by atoms with Gasteiger partial charge >= 0.3 is 0 Å². The van der Waals surface area contributed by atoms with Gasteiger partial charge in [-0.15, -0.1) is 12.3 Å². The highest BCUT2D eigenvalue weighted by Gasteiger charge is 2.38. The molecule has 7 heteroatoms. The molecule has 2 aromatic rings. The van der Waals surface area contributed by atoms with E-state index in [2.05, 4.69) is 31.4 Å². The second-order valence-electron chi connectivity index (χ2n) is 5.71. The fourth-order valence-corrected chi connectivity index (χ4v) is 2.61. The third-order valence-corrected chi connectivity index (χ3v) is 3.95. The predicted molar refractivity (Wildman–Crippen MR) is 89.4 cm³/mol. The Hall–Kier alpha value is -2.72. The predicted octanol–water partition coefficient (Wildman–Crippen LogP) is 2.40. The number of nitrogens with one attached hydrogen (secondary N) is 2. The fourth-order valence-electron chi connectivity index (χ4n) is 2.61. The summed E-state index contributed by atoms with van der Waals surface area (Å²) in [5.41, 5.74) is 1.61. The van der Waals surface area contributed by atoms with Crippen LogP contribution in [0.1, 0.15) is 35.4 Å². The van der Waals surface area contributed by atoms with E-state index in [4.69, 9.17) is 11.2 Å². The van der Waals surface area contributed by atoms with Crippen molar-refractivity contribution in [3.8, 4) is 12.3 Å². The summed E-state index contributed by atoms with van der Waals surface area (Å²) in [5, 5.41) is 11.0. The van der Waals surface area contributed by atoms with Crippen molar-refractivity contribution in [1.82, 2.24) is 15.3 Å². The van der Waals surface area contributed by atoms with Gasteiger partial charge in [-0.3, -0.25) is 4.79 Å². The number of rotatable bonds is 8. The van der Waals surface area contributed by atoms with E-state index < -0.39 is 0 Å². The van der Waals surface area contributed by atoms with Gasteiger partial charge in [0, 0.05) is 32.9 Å². The van der Waals surface area contributed by atoms with Crippen molar-refractivity contribution in [3.63, 3.8) is 0 Å². The number of hydrogen-bond donors (Lipinski definition) is 2. The number of terminal acetylenes is 1. The number of aromatic nitrogens is 2. The summed E-state index contributed by atoms with van der Waals surface area (Å²) in [6.07, 6.45) is 7.29. The topological polar surface area (TPSA) is 91.7 Å². The van der Waals surface area contributed by atoms with Crippen LogP contribution in [-0.4, -0.2) is 35.2 Å². The lowest BCUT2D eigenvalue weighted by Gasteiger charge is -2.10. The molecule has 0 atom stereocenters. The Balaban J connectivity index is 1.63. The highest BCUT2D eigenvalue weighted by Crippen LogP contribution is 2.36. The number of fused-ring (bicyclic) bond motifs is 1. The third kappa shape index (κ3) is 3.44. The number of para-hydroxylation sites is 1. The minimum atomic E-state index is -0.385. The van der Waals surface area contributed by atoms with E-state index >= 15 is 0 Å². The van der Waals surface area contributed by atoms with Gasteiger partial charge in [0.15, 0.2) is 5.66 Å². The quantitative estimate of drug-likeness (QED) is 0.730. The van der Waals surface area contributed by atoms with E-state index in [1.807, 2.05) is 12.1 Å². The number of amides is 1. The van der Waals surface area contributed by atoms with Crippen molar-refractivity contribution in [2.24, 2.45) is 10.2 Å². The Morgan fingerprint density at radius 2 is 2.25 bits per heavy atom. The molecule has 1 aliphatic rings. The third-order valence-electron chi connectivity index (χ3n) is 3.95. The summed E-state index contributed by atoms with van der Waals surface area (Å²) < 4.78 is 5.07. The lowest BCUT2D eigenvalue weighted by atomic mass is 10.0. The van der Waals surface area contributed by atoms with Crippen LogP contribution in [0.3, 0.4) is 0 Å². The number of methoxy groups -OCH3 is 1. The number of aromatic amines is 1. The Bertz CT molecular complexity index is 812. The Morgan fingerprint density at radius 1 is 1.42 bits per heavy atom. The molecule has 124 valence electrons. The van der Waals surface area contributed by atoms with Crippen LogP contribution in [0.2, 0.25) is 0 Å². The first kappa shape index (κ1) is 16.1. The van der Waals surface area contributed by atoms with Crippen LogP contribution in [0.25, 0.3) is 11.0 Å². The summed E-state index contributed by atoms with van der Waals surface area (Å²) in [6.45, 7) is 0.860. The lowest BCUT2D eigenvalue weighted by molar-refractivity contribution is 0.0953. The maximum absolute atomic E-state index is 12.5. The maximum Gasteiger partial charge on any atom is 0.253 e. The molecule has 0 radical (unpaired) electrons. The van der Waals surface area contributed by atoms with Crippen molar-refractivity contribution in [1.29, 1.82) is 0 Å². The highest BCUT2D eigenvalue weighted by atomic mass is 16.5. The zero-order valence-corrected chi connectivity index (χ0v) is 13.5. The minimum Gasteiger partial charge on any atom is -0.377 e. The molecule has 2 N–H and O–H groups in total. The summed E-state index contributed by atoms with van der Waals surface area (Å²) >= 11 is 0. The summed E-state index contributed by atoms with van der Waals surface area (Å²) in [4.78, 5) is 20.0. The molecule has 24 heavy (non-hydrogen) atoms. The average molecular weight is 325 g/mol. The first-order chi connectivity index (χ1) is 11.7. The fraction of sp³-hybridized carbons (Fsp3) is 0.412. The monoisotopic (exact) mass is 325 g/mol. The Labute approximate surface area is 139 Å². The summed E-state index contributed by atoms with van der Waals surface area (Å²) in [7, 11) is 1.60. The van der Waals surface area contributed by atoms with Crippen molar-refractivity contribution in [2.45, 2.75) is 31.5 Å². The normalized spacial score (nSPS) is 14.5. The zero-order valence-electron chi connectivity index (χ0n) is 13.5. The van der Waals surface area contributed by atoms with Crippen molar-refractivity contribution in [2.75, 3.05) is 13.7 Å². The van der Waals surface area contributed by atoms with E-state index in [-0.39, 0.29) is 11.6 Å². The number of ether oxygens (including phenoxy) is 1. The Morgan fingerprint density at radius 3 is 2.96 bits per heavy atom. The molecule has 1 aromatic heterocycles. The molecular weight excluding hydrogens is 306 g/mol. The molecule has 1 aliphatic heterocycles. The number of benzene rings is 1. The van der Waals surface area contributed by atoms with Gasteiger partial charge < -0.3 is 15.0 Å². The van der Waals surface area contributed by atoms with Gasteiger partial charge in [-0.2, -0.15) is 10.2 Å². The standard InChI is InChI=1S/C17H19N5O2/c1-3-4-8-17(21-22-17)9-10-18-16(23)12-6-5-7-13-15(12)20-14(19-13)11-24-2/h1,5-7H,4,8-11H2,2H3,(H,18,23)(H,19,20). The molecule has 3 rings (SSSR count). The van der Waals surface area contributed by atoms with E-state index in [9.17, 15) is 4.79 Å². The first-order valence-electron chi connectivity index (χ1n) is 7.80. The molecule has 0 aliphatic carbocycles. The second kappa shape index (κ2) is 6.81. The number of imidazole rings is 1. The van der Waals surface area contributed by atoms with E-state index in [0.29, 0.717) is 42.9 Å². The number of hydrogen-bond acceptors (Lipinski definition) is 5.